The Balaban J connectivity index is 1.29. The maximum atomic E-state index is 12.4. The van der Waals surface area contributed by atoms with Crippen molar-refractivity contribution in [3.05, 3.63) is 94.8 Å². The first kappa shape index (κ1) is 24.5. The number of imidazole rings is 1. The molecule has 0 atom stereocenters. The molecular formula is C30H35N3O2. The molecule has 5 nitrogen and oxygen atoms in total. The van der Waals surface area contributed by atoms with Gasteiger partial charge < -0.3 is 14.6 Å². The third-order valence-corrected chi connectivity index (χ3v) is 6.61. The van der Waals surface area contributed by atoms with Gasteiger partial charge in [-0.25, -0.2) is 4.98 Å². The Morgan fingerprint density at radius 2 is 1.66 bits per heavy atom. The van der Waals surface area contributed by atoms with E-state index in [-0.39, 0.29) is 5.91 Å². The van der Waals surface area contributed by atoms with Crippen LogP contribution < -0.4 is 10.1 Å². The molecule has 1 aromatic heterocycles. The Morgan fingerprint density at radius 3 is 2.51 bits per heavy atom. The van der Waals surface area contributed by atoms with Crippen LogP contribution in [0.15, 0.2) is 66.7 Å². The minimum atomic E-state index is 0.00809. The molecule has 1 heterocycles. The molecule has 0 bridgehead atoms. The number of hydrogen-bond donors (Lipinski definition) is 1. The van der Waals surface area contributed by atoms with Gasteiger partial charge >= 0.3 is 0 Å². The van der Waals surface area contributed by atoms with Gasteiger partial charge in [0.2, 0.25) is 0 Å². The van der Waals surface area contributed by atoms with Crippen molar-refractivity contribution in [1.82, 2.24) is 14.9 Å². The summed E-state index contributed by atoms with van der Waals surface area (Å²) in [6.45, 7) is 8.23. The van der Waals surface area contributed by atoms with E-state index in [1.165, 1.54) is 11.1 Å². The number of rotatable bonds is 11. The summed E-state index contributed by atoms with van der Waals surface area (Å²) >= 11 is 0. The average Bonchev–Trinajstić information content (AvgIpc) is 3.21. The number of amides is 1. The molecule has 0 saturated carbocycles. The highest BCUT2D eigenvalue weighted by Crippen LogP contribution is 2.22. The summed E-state index contributed by atoms with van der Waals surface area (Å²) in [5.74, 6) is 2.05. The van der Waals surface area contributed by atoms with Crippen molar-refractivity contribution in [2.75, 3.05) is 13.2 Å². The van der Waals surface area contributed by atoms with Crippen LogP contribution in [0, 0.1) is 20.8 Å². The third-order valence-electron chi connectivity index (χ3n) is 6.61. The van der Waals surface area contributed by atoms with Crippen molar-refractivity contribution in [3.63, 3.8) is 0 Å². The van der Waals surface area contributed by atoms with Gasteiger partial charge in [-0.2, -0.15) is 0 Å². The predicted molar refractivity (Wildman–Crippen MR) is 142 cm³/mol. The van der Waals surface area contributed by atoms with Crippen molar-refractivity contribution in [2.24, 2.45) is 0 Å². The quantitative estimate of drug-likeness (QED) is 0.267. The number of unbranched alkanes of at least 4 members (excludes halogenated alkanes) is 2. The van der Waals surface area contributed by atoms with Crippen LogP contribution in [0.25, 0.3) is 11.0 Å². The molecular weight excluding hydrogens is 434 g/mol. The summed E-state index contributed by atoms with van der Waals surface area (Å²) in [5.41, 5.74) is 6.37. The van der Waals surface area contributed by atoms with Crippen molar-refractivity contribution in [3.8, 4) is 5.75 Å². The minimum Gasteiger partial charge on any atom is -0.491 e. The monoisotopic (exact) mass is 469 g/mol. The number of benzene rings is 3. The van der Waals surface area contributed by atoms with E-state index >= 15 is 0 Å². The summed E-state index contributed by atoms with van der Waals surface area (Å²) in [7, 11) is 0. The topological polar surface area (TPSA) is 56.2 Å². The first-order valence-electron chi connectivity index (χ1n) is 12.5. The molecule has 0 saturated heterocycles. The van der Waals surface area contributed by atoms with Crippen LogP contribution in [0.1, 0.15) is 52.1 Å². The maximum Gasteiger partial charge on any atom is 0.251 e. The van der Waals surface area contributed by atoms with Crippen molar-refractivity contribution < 1.29 is 9.53 Å². The fourth-order valence-corrected chi connectivity index (χ4v) is 4.40. The van der Waals surface area contributed by atoms with E-state index in [2.05, 4.69) is 48.0 Å². The molecule has 5 heteroatoms. The van der Waals surface area contributed by atoms with Gasteiger partial charge in [0.05, 0.1) is 17.6 Å². The Hall–Kier alpha value is -3.60. The zero-order chi connectivity index (χ0) is 24.6. The van der Waals surface area contributed by atoms with E-state index in [4.69, 9.17) is 9.72 Å². The van der Waals surface area contributed by atoms with Gasteiger partial charge in [-0.05, 0) is 74.6 Å². The van der Waals surface area contributed by atoms with Crippen LogP contribution in [0.3, 0.4) is 0 Å². The molecule has 0 aliphatic rings. The predicted octanol–water partition coefficient (Wildman–Crippen LogP) is 6.18. The molecule has 4 rings (SSSR count). The van der Waals surface area contributed by atoms with Crippen LogP contribution in [0.4, 0.5) is 0 Å². The molecule has 3 aromatic carbocycles. The molecule has 0 fully saturated rings. The van der Waals surface area contributed by atoms with Gasteiger partial charge in [-0.1, -0.05) is 48.9 Å². The Bertz CT molecular complexity index is 1290. The first-order valence-corrected chi connectivity index (χ1v) is 12.5. The number of aromatic nitrogens is 2. The van der Waals surface area contributed by atoms with Crippen molar-refractivity contribution >= 4 is 16.9 Å². The first-order chi connectivity index (χ1) is 17.0. The number of carbonyl (C=O) groups excluding carboxylic acids is 1. The molecule has 35 heavy (non-hydrogen) atoms. The lowest BCUT2D eigenvalue weighted by Gasteiger charge is -2.13. The molecule has 0 radical (unpaired) electrons. The number of carbonyl (C=O) groups is 1. The molecule has 0 spiro atoms. The summed E-state index contributed by atoms with van der Waals surface area (Å²) in [5, 5.41) is 3.05. The second-order valence-corrected chi connectivity index (χ2v) is 9.10. The fourth-order valence-electron chi connectivity index (χ4n) is 4.40. The van der Waals surface area contributed by atoms with Gasteiger partial charge in [0.25, 0.3) is 5.91 Å². The second-order valence-electron chi connectivity index (χ2n) is 9.10. The zero-order valence-corrected chi connectivity index (χ0v) is 21.0. The number of para-hydroxylation sites is 2. The maximum absolute atomic E-state index is 12.4. The van der Waals surface area contributed by atoms with Crippen LogP contribution in [-0.4, -0.2) is 28.6 Å². The second kappa shape index (κ2) is 11.7. The van der Waals surface area contributed by atoms with Gasteiger partial charge in [-0.3, -0.25) is 4.79 Å². The van der Waals surface area contributed by atoms with Gasteiger partial charge in [-0.15, -0.1) is 0 Å². The normalized spacial score (nSPS) is 11.1. The number of nitrogens with zero attached hydrogens (tertiary/aromatic N) is 2. The Kier molecular flexibility index (Phi) is 8.19. The van der Waals surface area contributed by atoms with Gasteiger partial charge in [0.1, 0.15) is 18.2 Å². The molecule has 0 unspecified atom stereocenters. The largest absolute Gasteiger partial charge is 0.491 e. The SMILES string of the molecule is Cc1ccccc1C(=O)NCCCCCc1nc2ccccc2n1CCOc1cccc(C)c1C. The van der Waals surface area contributed by atoms with Gasteiger partial charge in [0.15, 0.2) is 0 Å². The summed E-state index contributed by atoms with van der Waals surface area (Å²) in [6, 6.07) is 22.2. The fraction of sp³-hybridized carbons (Fsp3) is 0.333. The summed E-state index contributed by atoms with van der Waals surface area (Å²) < 4.78 is 8.42. The van der Waals surface area contributed by atoms with E-state index in [9.17, 15) is 4.79 Å². The number of hydrogen-bond acceptors (Lipinski definition) is 3. The summed E-state index contributed by atoms with van der Waals surface area (Å²) in [4.78, 5) is 17.3. The van der Waals surface area contributed by atoms with E-state index in [1.54, 1.807) is 0 Å². The van der Waals surface area contributed by atoms with Crippen LogP contribution in [-0.2, 0) is 13.0 Å². The lowest BCUT2D eigenvalue weighted by molar-refractivity contribution is 0.0952. The highest BCUT2D eigenvalue weighted by Gasteiger charge is 2.11. The third kappa shape index (κ3) is 6.10. The van der Waals surface area contributed by atoms with Crippen LogP contribution in [0.5, 0.6) is 5.75 Å². The van der Waals surface area contributed by atoms with E-state index in [0.717, 1.165) is 66.0 Å². The number of ether oxygens (including phenoxy) is 1. The smallest absolute Gasteiger partial charge is 0.251 e. The standard InChI is InChI=1S/C30H35N3O2/c1-22-13-11-17-28(24(22)3)35-21-20-33-27-16-9-8-15-26(27)32-29(33)18-5-4-10-19-31-30(34)25-14-7-6-12-23(25)2/h6-9,11-17H,4-5,10,18-21H2,1-3H3,(H,31,34). The lowest BCUT2D eigenvalue weighted by Crippen LogP contribution is -2.25. The Labute approximate surface area is 208 Å². The summed E-state index contributed by atoms with van der Waals surface area (Å²) in [6.07, 6.45) is 3.93. The van der Waals surface area contributed by atoms with Crippen LogP contribution in [0.2, 0.25) is 0 Å². The van der Waals surface area contributed by atoms with Crippen LogP contribution >= 0.6 is 0 Å². The number of nitrogens with one attached hydrogen (secondary N) is 1. The van der Waals surface area contributed by atoms with E-state index in [0.29, 0.717) is 13.2 Å². The molecule has 0 aliphatic heterocycles. The van der Waals surface area contributed by atoms with E-state index < -0.39 is 0 Å². The number of aryl methyl sites for hydroxylation is 3. The average molecular weight is 470 g/mol. The lowest BCUT2D eigenvalue weighted by atomic mass is 10.1. The van der Waals surface area contributed by atoms with E-state index in [1.807, 2.05) is 49.4 Å². The molecule has 182 valence electrons. The van der Waals surface area contributed by atoms with Gasteiger partial charge in [0, 0.05) is 18.5 Å². The molecule has 1 N–H and O–H groups in total. The minimum absolute atomic E-state index is 0.00809. The number of fused-ring (bicyclic) bond motifs is 1. The van der Waals surface area contributed by atoms with Crippen molar-refractivity contribution in [2.45, 2.75) is 53.0 Å². The molecule has 4 aromatic rings. The zero-order valence-electron chi connectivity index (χ0n) is 21.0. The van der Waals surface area contributed by atoms with Crippen molar-refractivity contribution in [1.29, 1.82) is 0 Å². The molecule has 0 aliphatic carbocycles. The Morgan fingerprint density at radius 1 is 0.886 bits per heavy atom. The highest BCUT2D eigenvalue weighted by atomic mass is 16.5. The highest BCUT2D eigenvalue weighted by molar-refractivity contribution is 5.95. The molecule has 1 amide bonds.